The van der Waals surface area contributed by atoms with Crippen molar-refractivity contribution in [2.45, 2.75) is 57.7 Å². The molecule has 0 saturated carbocycles. The lowest BCUT2D eigenvalue weighted by molar-refractivity contribution is 0.0818. The Morgan fingerprint density at radius 3 is 2.84 bits per heavy atom. The van der Waals surface area contributed by atoms with Gasteiger partial charge in [0.25, 0.3) is 0 Å². The van der Waals surface area contributed by atoms with Crippen LogP contribution in [0.2, 0.25) is 25.7 Å². The molecule has 0 aliphatic heterocycles. The van der Waals surface area contributed by atoms with Crippen molar-refractivity contribution in [1.82, 2.24) is 14.8 Å². The van der Waals surface area contributed by atoms with Crippen molar-refractivity contribution in [3.05, 3.63) is 59.6 Å². The van der Waals surface area contributed by atoms with Crippen LogP contribution in [0.25, 0.3) is 22.4 Å². The van der Waals surface area contributed by atoms with Crippen LogP contribution in [-0.4, -0.2) is 36.6 Å². The number of nitriles is 1. The molecule has 4 aromatic rings. The Morgan fingerprint density at radius 1 is 1.24 bits per heavy atom. The third-order valence-electron chi connectivity index (χ3n) is 6.88. The maximum atomic E-state index is 9.49. The lowest BCUT2D eigenvalue weighted by Gasteiger charge is -2.29. The molecule has 9 heteroatoms. The number of oxazole rings is 1. The topological polar surface area (TPSA) is 98.1 Å². The van der Waals surface area contributed by atoms with Crippen molar-refractivity contribution < 1.29 is 13.9 Å². The molecular formula is C28H33N5O3Si. The van der Waals surface area contributed by atoms with Crippen LogP contribution in [-0.2, 0) is 17.9 Å². The van der Waals surface area contributed by atoms with Gasteiger partial charge in [0.15, 0.2) is 12.2 Å². The fourth-order valence-corrected chi connectivity index (χ4v) is 5.71. The van der Waals surface area contributed by atoms with Gasteiger partial charge in [-0.05, 0) is 55.1 Å². The van der Waals surface area contributed by atoms with Crippen molar-refractivity contribution in [3.63, 3.8) is 0 Å². The maximum absolute atomic E-state index is 9.49. The largest absolute Gasteiger partial charge is 0.495 e. The fraction of sp³-hybridized carbons (Fsp3) is 0.393. The third kappa shape index (κ3) is 5.26. The summed E-state index contributed by atoms with van der Waals surface area (Å²) in [4.78, 5) is 4.10. The van der Waals surface area contributed by atoms with Crippen LogP contribution in [0.3, 0.4) is 0 Å². The fourth-order valence-electron chi connectivity index (χ4n) is 4.95. The second kappa shape index (κ2) is 10.4. The predicted octanol–water partition coefficient (Wildman–Crippen LogP) is 6.37. The summed E-state index contributed by atoms with van der Waals surface area (Å²) in [5.41, 5.74) is 5.61. The zero-order valence-corrected chi connectivity index (χ0v) is 22.9. The zero-order valence-electron chi connectivity index (χ0n) is 21.9. The summed E-state index contributed by atoms with van der Waals surface area (Å²) in [5.74, 6) is 1.32. The second-order valence-corrected chi connectivity index (χ2v) is 16.3. The summed E-state index contributed by atoms with van der Waals surface area (Å²) in [5, 5.41) is 19.0. The highest BCUT2D eigenvalue weighted by Gasteiger charge is 2.25. The molecule has 0 radical (unpaired) electrons. The van der Waals surface area contributed by atoms with E-state index in [0.29, 0.717) is 23.8 Å². The zero-order chi connectivity index (χ0) is 26.0. The van der Waals surface area contributed by atoms with Crippen molar-refractivity contribution in [3.8, 4) is 23.3 Å². The number of hydrogen-bond donors (Lipinski definition) is 1. The van der Waals surface area contributed by atoms with Crippen LogP contribution in [0.15, 0.2) is 47.3 Å². The summed E-state index contributed by atoms with van der Waals surface area (Å²) in [7, 11) is 0.475. The minimum atomic E-state index is -1.16. The number of hydrogen-bond acceptors (Lipinski definition) is 7. The van der Waals surface area contributed by atoms with Gasteiger partial charge in [-0.1, -0.05) is 25.7 Å². The van der Waals surface area contributed by atoms with E-state index in [1.807, 2.05) is 10.7 Å². The van der Waals surface area contributed by atoms with Crippen molar-refractivity contribution in [2.24, 2.45) is 0 Å². The SMILES string of the molecule is COc1c(C#N)ccc2c1CCCC2Nc1ccc2c(c1)c(-c1cnco1)nn2COCC[Si](C)(C)C. The van der Waals surface area contributed by atoms with Crippen LogP contribution in [0, 0.1) is 11.3 Å². The van der Waals surface area contributed by atoms with Gasteiger partial charge in [0.1, 0.15) is 24.2 Å². The van der Waals surface area contributed by atoms with Gasteiger partial charge in [-0.25, -0.2) is 9.67 Å². The van der Waals surface area contributed by atoms with E-state index in [4.69, 9.17) is 19.0 Å². The van der Waals surface area contributed by atoms with Gasteiger partial charge >= 0.3 is 0 Å². The Balaban J connectivity index is 1.44. The van der Waals surface area contributed by atoms with E-state index in [1.54, 1.807) is 13.3 Å². The number of anilines is 1. The number of rotatable bonds is 9. The van der Waals surface area contributed by atoms with Gasteiger partial charge in [0.2, 0.25) is 0 Å². The lowest BCUT2D eigenvalue weighted by Crippen LogP contribution is -2.22. The summed E-state index contributed by atoms with van der Waals surface area (Å²) >= 11 is 0. The molecule has 37 heavy (non-hydrogen) atoms. The highest BCUT2D eigenvalue weighted by Crippen LogP contribution is 2.39. The van der Waals surface area contributed by atoms with Gasteiger partial charge in [0.05, 0.1) is 30.4 Å². The number of aromatic nitrogens is 3. The Bertz CT molecular complexity index is 1430. The summed E-state index contributed by atoms with van der Waals surface area (Å²) in [6.45, 7) is 8.16. The van der Waals surface area contributed by atoms with Crippen molar-refractivity contribution in [2.75, 3.05) is 19.0 Å². The molecule has 2 aromatic heterocycles. The summed E-state index contributed by atoms with van der Waals surface area (Å²) < 4.78 is 19.1. The molecule has 5 rings (SSSR count). The molecule has 192 valence electrons. The van der Waals surface area contributed by atoms with Gasteiger partial charge in [-0.15, -0.1) is 0 Å². The number of fused-ring (bicyclic) bond motifs is 2. The number of benzene rings is 2. The minimum absolute atomic E-state index is 0.122. The molecule has 0 bridgehead atoms. The van der Waals surface area contributed by atoms with Crippen LogP contribution in [0.5, 0.6) is 5.75 Å². The van der Waals surface area contributed by atoms with Gasteiger partial charge in [0, 0.05) is 31.3 Å². The summed E-state index contributed by atoms with van der Waals surface area (Å²) in [6, 6.07) is 13.7. The average molecular weight is 516 g/mol. The molecule has 8 nitrogen and oxygen atoms in total. The first kappa shape index (κ1) is 25.1. The number of ether oxygens (including phenoxy) is 2. The van der Waals surface area contributed by atoms with Crippen LogP contribution in [0.4, 0.5) is 5.69 Å². The number of nitrogens with one attached hydrogen (secondary N) is 1. The van der Waals surface area contributed by atoms with Crippen molar-refractivity contribution in [1.29, 1.82) is 5.26 Å². The first-order chi connectivity index (χ1) is 17.9. The summed E-state index contributed by atoms with van der Waals surface area (Å²) in [6.07, 6.45) is 6.04. The highest BCUT2D eigenvalue weighted by molar-refractivity contribution is 6.76. The normalized spacial score (nSPS) is 15.4. The Kier molecular flexibility index (Phi) is 7.04. The van der Waals surface area contributed by atoms with Crippen LogP contribution in [0.1, 0.15) is 35.6 Å². The predicted molar refractivity (Wildman–Crippen MR) is 146 cm³/mol. The number of methoxy groups -OCH3 is 1. The lowest BCUT2D eigenvalue weighted by atomic mass is 9.85. The van der Waals surface area contributed by atoms with Gasteiger partial charge < -0.3 is 19.2 Å². The first-order valence-corrected chi connectivity index (χ1v) is 16.4. The average Bonchev–Trinajstić information content (AvgIpc) is 3.53. The maximum Gasteiger partial charge on any atom is 0.181 e. The first-order valence-electron chi connectivity index (χ1n) is 12.7. The monoisotopic (exact) mass is 515 g/mol. The standard InChI is InChI=1S/C28H33N5O3Si/c1-34-28-19(15-29)8-10-21-22(28)6-5-7-24(21)31-20-9-11-25-23(14-20)27(26-16-30-17-36-26)32-33(25)18-35-12-13-37(2,3)4/h8-11,14,16-17,24,31H,5-7,12-13,18H2,1-4H3. The molecule has 1 unspecified atom stereocenters. The van der Waals surface area contributed by atoms with E-state index < -0.39 is 8.07 Å². The van der Waals surface area contributed by atoms with E-state index in [2.05, 4.69) is 60.3 Å². The van der Waals surface area contributed by atoms with Crippen molar-refractivity contribution >= 4 is 24.7 Å². The third-order valence-corrected chi connectivity index (χ3v) is 8.59. The van der Waals surface area contributed by atoms with E-state index in [0.717, 1.165) is 59.8 Å². The Morgan fingerprint density at radius 2 is 2.11 bits per heavy atom. The molecular weight excluding hydrogens is 482 g/mol. The second-order valence-electron chi connectivity index (χ2n) is 10.7. The van der Waals surface area contributed by atoms with E-state index >= 15 is 0 Å². The Labute approximate surface area is 218 Å². The molecule has 1 aliphatic rings. The van der Waals surface area contributed by atoms with Crippen LogP contribution >= 0.6 is 0 Å². The van der Waals surface area contributed by atoms with Crippen LogP contribution < -0.4 is 10.1 Å². The molecule has 1 aliphatic carbocycles. The number of nitrogens with zero attached hydrogens (tertiary/aromatic N) is 4. The molecule has 0 fully saturated rings. The van der Waals surface area contributed by atoms with E-state index in [9.17, 15) is 5.26 Å². The van der Waals surface area contributed by atoms with E-state index in [-0.39, 0.29) is 6.04 Å². The molecule has 0 spiro atoms. The van der Waals surface area contributed by atoms with E-state index in [1.165, 1.54) is 12.0 Å². The van der Waals surface area contributed by atoms with Gasteiger partial charge in [-0.3, -0.25) is 0 Å². The highest BCUT2D eigenvalue weighted by atomic mass is 28.3. The molecule has 2 aromatic carbocycles. The minimum Gasteiger partial charge on any atom is -0.495 e. The molecule has 0 saturated heterocycles. The molecule has 1 N–H and O–H groups in total. The Hall–Kier alpha value is -3.61. The molecule has 2 heterocycles. The molecule has 0 amide bonds. The molecule has 1 atom stereocenters. The van der Waals surface area contributed by atoms with Gasteiger partial charge in [-0.2, -0.15) is 10.4 Å². The smallest absolute Gasteiger partial charge is 0.181 e. The quantitative estimate of drug-likeness (QED) is 0.204.